The van der Waals surface area contributed by atoms with Crippen molar-refractivity contribution in [3.05, 3.63) is 144 Å². The Morgan fingerprint density at radius 1 is 0.823 bits per heavy atom. The number of aliphatic carboxylic acids is 1. The number of unbranched alkanes of at least 4 members (excludes halogenated alkanes) is 2. The molecule has 0 unspecified atom stereocenters. The maximum atomic E-state index is 14.4. The fraction of sp³-hybridized carbons (Fsp3) is 0.346. The van der Waals surface area contributed by atoms with E-state index in [1.165, 1.54) is 15.3 Å². The summed E-state index contributed by atoms with van der Waals surface area (Å²) in [5.74, 6) is -2.21. The topological polar surface area (TPSA) is 126 Å². The molecule has 2 aliphatic heterocycles. The fourth-order valence-corrected chi connectivity index (χ4v) is 14.9. The van der Waals surface area contributed by atoms with Crippen LogP contribution in [0.1, 0.15) is 77.0 Å². The van der Waals surface area contributed by atoms with Crippen LogP contribution in [0.2, 0.25) is 5.04 Å². The molecule has 8 rings (SSSR count). The van der Waals surface area contributed by atoms with Gasteiger partial charge in [0.2, 0.25) is 11.8 Å². The van der Waals surface area contributed by atoms with Crippen LogP contribution in [0.4, 0.5) is 0 Å². The van der Waals surface area contributed by atoms with Crippen LogP contribution < -0.4 is 10.4 Å². The predicted octanol–water partition coefficient (Wildman–Crippen LogP) is 8.80. The second-order valence-electron chi connectivity index (χ2n) is 18.0. The summed E-state index contributed by atoms with van der Waals surface area (Å²) in [5, 5.41) is 23.6. The molecule has 2 fully saturated rings. The monoisotopic (exact) mass is 848 g/mol. The zero-order chi connectivity index (χ0) is 43.4. The number of carbonyl (C=O) groups is 3. The smallest absolute Gasteiger partial charge is 0.303 e. The van der Waals surface area contributed by atoms with E-state index in [9.17, 15) is 19.5 Å². The lowest BCUT2D eigenvalue weighted by molar-refractivity contribution is -0.141. The van der Waals surface area contributed by atoms with Crippen molar-refractivity contribution in [3.8, 4) is 5.75 Å². The fourth-order valence-electron chi connectivity index (χ4n) is 10.3. The van der Waals surface area contributed by atoms with Crippen molar-refractivity contribution in [2.24, 2.45) is 17.8 Å². The first-order chi connectivity index (χ1) is 30.0. The zero-order valence-corrected chi connectivity index (χ0v) is 36.8. The van der Waals surface area contributed by atoms with E-state index in [1.54, 1.807) is 12.3 Å². The number of carboxylic acids is 1. The molecule has 4 atom stereocenters. The van der Waals surface area contributed by atoms with E-state index in [1.807, 2.05) is 60.7 Å². The average Bonchev–Trinajstić information content (AvgIpc) is 3.81. The van der Waals surface area contributed by atoms with Gasteiger partial charge >= 0.3 is 5.97 Å². The quantitative estimate of drug-likeness (QED) is 0.0437. The molecule has 2 amide bonds. The van der Waals surface area contributed by atoms with E-state index < -0.39 is 26.1 Å². The van der Waals surface area contributed by atoms with Crippen LogP contribution in [0.5, 0.6) is 5.75 Å². The number of rotatable bonds is 16. The van der Waals surface area contributed by atoms with Crippen molar-refractivity contribution in [1.29, 1.82) is 0 Å². The molecule has 5 aromatic rings. The summed E-state index contributed by atoms with van der Waals surface area (Å²) >= 11 is 0. The maximum Gasteiger partial charge on any atom is 0.303 e. The minimum atomic E-state index is -2.98. The second-order valence-corrected chi connectivity index (χ2v) is 22.3. The van der Waals surface area contributed by atoms with E-state index in [0.29, 0.717) is 51.7 Å². The highest BCUT2D eigenvalue weighted by atomic mass is 28.4. The Balaban J connectivity index is 1.16. The molecule has 0 bridgehead atoms. The lowest BCUT2D eigenvalue weighted by atomic mass is 9.69. The molecule has 9 nitrogen and oxygen atoms in total. The van der Waals surface area contributed by atoms with E-state index in [0.717, 1.165) is 38.7 Å². The minimum absolute atomic E-state index is 0.0681. The van der Waals surface area contributed by atoms with Gasteiger partial charge in [0.1, 0.15) is 5.75 Å². The Hall–Kier alpha value is -5.68. The number of likely N-dealkylation sites (tertiary alicyclic amines) is 1. The lowest BCUT2D eigenvalue weighted by Crippen LogP contribution is -2.66. The molecule has 3 heterocycles. The van der Waals surface area contributed by atoms with Crippen LogP contribution in [-0.2, 0) is 23.5 Å². The van der Waals surface area contributed by atoms with Crippen molar-refractivity contribution in [2.45, 2.75) is 76.9 Å². The molecule has 0 spiro atoms. The summed E-state index contributed by atoms with van der Waals surface area (Å²) in [6.45, 7) is 7.70. The first kappa shape index (κ1) is 43.0. The number of benzene rings is 4. The van der Waals surface area contributed by atoms with Crippen molar-refractivity contribution < 1.29 is 33.8 Å². The van der Waals surface area contributed by atoms with Gasteiger partial charge in [-0.3, -0.25) is 24.3 Å². The Labute approximate surface area is 365 Å². The van der Waals surface area contributed by atoms with Crippen molar-refractivity contribution in [2.75, 3.05) is 19.8 Å². The summed E-state index contributed by atoms with van der Waals surface area (Å²) in [6, 6.07) is 38.5. The zero-order valence-electron chi connectivity index (χ0n) is 35.8. The van der Waals surface area contributed by atoms with Gasteiger partial charge in [0.05, 0.1) is 36.8 Å². The normalized spacial score (nSPS) is 20.5. The van der Waals surface area contributed by atoms with Crippen LogP contribution >= 0.6 is 0 Å². The number of nitrogens with zero attached hydrogens (tertiary/aromatic N) is 2. The molecule has 3 aliphatic rings. The number of hydrogen-bond acceptors (Lipinski definition) is 7. The standard InChI is InChI=1S/C52H56N2O7Si/c1-52(2,3)62(38-17-7-4-8-18-38,39-19-9-5-10-20-39)61-33-37-32-42-49(51(59)54(50(42)58)30-16-6-11-24-47(56)57)43-34-60-46(48(37)43)28-26-36(44-23-14-15-29-53-44)31-35-25-27-45(55)41-22-13-12-21-40(35)41/h4-5,7-10,12-15,17-23,25,27,29,31,42-43,46,49,55H,6,11,16,24,26,28,30,32-34H2,1-3H3,(H,56,57)/b36-31-/t42-,43+,46-,49-/m1/s1. The molecular formula is C52H56N2O7Si. The van der Waals surface area contributed by atoms with Gasteiger partial charge in [0.25, 0.3) is 8.32 Å². The van der Waals surface area contributed by atoms with Gasteiger partial charge in [0, 0.05) is 30.5 Å². The van der Waals surface area contributed by atoms with E-state index >= 15 is 0 Å². The average molecular weight is 849 g/mol. The molecule has 1 aliphatic carbocycles. The minimum Gasteiger partial charge on any atom is -0.507 e. The third kappa shape index (κ3) is 8.43. The number of ether oxygens (including phenoxy) is 1. The molecular weight excluding hydrogens is 793 g/mol. The number of aromatic nitrogens is 1. The molecule has 2 N–H and O–H groups in total. The number of carboxylic acid groups (broad SMARTS) is 1. The van der Waals surface area contributed by atoms with Crippen molar-refractivity contribution in [3.63, 3.8) is 0 Å². The van der Waals surface area contributed by atoms with Crippen LogP contribution in [-0.4, -0.2) is 72.1 Å². The van der Waals surface area contributed by atoms with Crippen LogP contribution in [0.25, 0.3) is 22.4 Å². The van der Waals surface area contributed by atoms with E-state index in [-0.39, 0.29) is 47.6 Å². The van der Waals surface area contributed by atoms with Gasteiger partial charge in [0.15, 0.2) is 0 Å². The molecule has 0 saturated carbocycles. The molecule has 1 aromatic heterocycles. The first-order valence-corrected chi connectivity index (χ1v) is 23.9. The molecule has 2 saturated heterocycles. The van der Waals surface area contributed by atoms with Gasteiger partial charge in [-0.15, -0.1) is 0 Å². The van der Waals surface area contributed by atoms with Gasteiger partial charge < -0.3 is 19.4 Å². The number of fused-ring (bicyclic) bond motifs is 4. The van der Waals surface area contributed by atoms with Crippen LogP contribution in [0, 0.1) is 17.8 Å². The molecule has 10 heteroatoms. The van der Waals surface area contributed by atoms with Gasteiger partial charge in [-0.1, -0.05) is 124 Å². The second kappa shape index (κ2) is 18.3. The number of phenols is 1. The third-order valence-electron chi connectivity index (χ3n) is 13.2. The summed E-state index contributed by atoms with van der Waals surface area (Å²) in [5.41, 5.74) is 4.98. The number of phenolic OH excluding ortho intramolecular Hbond substituents is 1. The highest BCUT2D eigenvalue weighted by Gasteiger charge is 2.57. The van der Waals surface area contributed by atoms with E-state index in [2.05, 4.69) is 75.4 Å². The Kier molecular flexibility index (Phi) is 12.7. The summed E-state index contributed by atoms with van der Waals surface area (Å²) in [7, 11) is -2.98. The van der Waals surface area contributed by atoms with Crippen molar-refractivity contribution in [1.82, 2.24) is 9.88 Å². The van der Waals surface area contributed by atoms with Crippen molar-refractivity contribution >= 4 is 58.9 Å². The number of allylic oxidation sites excluding steroid dienone is 1. The maximum absolute atomic E-state index is 14.4. The number of pyridine rings is 1. The first-order valence-electron chi connectivity index (χ1n) is 22.0. The Bertz CT molecular complexity index is 2440. The van der Waals surface area contributed by atoms with Gasteiger partial charge in [-0.2, -0.15) is 0 Å². The number of imide groups is 1. The number of aromatic hydroxyl groups is 1. The molecule has 320 valence electrons. The van der Waals surface area contributed by atoms with Crippen LogP contribution in [0.15, 0.2) is 133 Å². The Morgan fingerprint density at radius 2 is 1.50 bits per heavy atom. The Morgan fingerprint density at radius 3 is 2.16 bits per heavy atom. The third-order valence-corrected chi connectivity index (χ3v) is 18.2. The summed E-state index contributed by atoms with van der Waals surface area (Å²) in [4.78, 5) is 46.0. The van der Waals surface area contributed by atoms with E-state index in [4.69, 9.17) is 19.3 Å². The molecule has 4 aromatic carbocycles. The summed E-state index contributed by atoms with van der Waals surface area (Å²) in [6.07, 6.45) is 7.07. The SMILES string of the molecule is CC(C)(C)[Si](OCC1=C2[C@@H](CC/C(=C/c3ccc(O)c4ccccc34)c3ccccn3)OC[C@@H]2[C@@H]2C(=O)N(CCCCCC(=O)O)C(=O)[C@@H]2C1)(c1ccccc1)c1ccccc1. The number of carbonyl (C=O) groups excluding carboxylic acids is 2. The largest absolute Gasteiger partial charge is 0.507 e. The van der Waals surface area contributed by atoms with Crippen LogP contribution in [0.3, 0.4) is 0 Å². The molecule has 62 heavy (non-hydrogen) atoms. The lowest BCUT2D eigenvalue weighted by Gasteiger charge is -2.44. The predicted molar refractivity (Wildman–Crippen MR) is 245 cm³/mol. The number of hydrogen-bond donors (Lipinski definition) is 2. The molecule has 0 radical (unpaired) electrons. The highest BCUT2D eigenvalue weighted by Crippen LogP contribution is 2.51. The number of amides is 2. The van der Waals surface area contributed by atoms with Gasteiger partial charge in [-0.25, -0.2) is 0 Å². The highest BCUT2D eigenvalue weighted by molar-refractivity contribution is 6.99. The van der Waals surface area contributed by atoms with Gasteiger partial charge in [-0.05, 0) is 99.5 Å². The summed E-state index contributed by atoms with van der Waals surface area (Å²) < 4.78 is 14.3.